The Morgan fingerprint density at radius 3 is 2.33 bits per heavy atom. The van der Waals surface area contributed by atoms with Gasteiger partial charge >= 0.3 is 0 Å². The minimum absolute atomic E-state index is 0.777. The summed E-state index contributed by atoms with van der Waals surface area (Å²) in [6, 6.07) is 13.9. The maximum atomic E-state index is 6.02. The number of nitrogens with zero attached hydrogens (tertiary/aromatic N) is 1. The number of aryl methyl sites for hydroxylation is 1. The van der Waals surface area contributed by atoms with E-state index in [0.717, 1.165) is 22.8 Å². The van der Waals surface area contributed by atoms with Gasteiger partial charge in [-0.15, -0.1) is 0 Å². The Kier molecular flexibility index (Phi) is 3.42. The molecule has 2 N–H and O–H groups in total. The maximum absolute atomic E-state index is 6.02. The topological polar surface area (TPSA) is 38.5 Å². The van der Waals surface area contributed by atoms with Crippen LogP contribution < -0.4 is 15.4 Å². The van der Waals surface area contributed by atoms with E-state index >= 15 is 0 Å². The number of hydrogen-bond acceptors (Lipinski definition) is 3. The van der Waals surface area contributed by atoms with Crippen LogP contribution in [0, 0.1) is 6.92 Å². The second kappa shape index (κ2) is 5.00. The van der Waals surface area contributed by atoms with E-state index in [4.69, 9.17) is 10.5 Å². The Morgan fingerprint density at radius 1 is 1.06 bits per heavy atom. The zero-order valence-corrected chi connectivity index (χ0v) is 11.0. The van der Waals surface area contributed by atoms with Crippen LogP contribution in [-0.4, -0.2) is 14.2 Å². The molecule has 0 saturated carbocycles. The molecule has 0 aromatic heterocycles. The lowest BCUT2D eigenvalue weighted by Crippen LogP contribution is -2.11. The molecule has 0 unspecified atom stereocenters. The van der Waals surface area contributed by atoms with E-state index in [1.165, 1.54) is 5.56 Å². The number of ether oxygens (including phenoxy) is 1. The van der Waals surface area contributed by atoms with Crippen LogP contribution in [0.4, 0.5) is 17.1 Å². The Bertz CT molecular complexity index is 535. The molecule has 0 bridgehead atoms. The van der Waals surface area contributed by atoms with E-state index in [0.29, 0.717) is 0 Å². The molecule has 0 atom stereocenters. The molecule has 2 aromatic carbocycles. The predicted octanol–water partition coefficient (Wildman–Crippen LogP) is 3.35. The third-order valence-electron chi connectivity index (χ3n) is 3.01. The Labute approximate surface area is 108 Å². The van der Waals surface area contributed by atoms with Crippen molar-refractivity contribution in [3.63, 3.8) is 0 Å². The second-order valence-electron chi connectivity index (χ2n) is 4.32. The average molecular weight is 242 g/mol. The molecule has 94 valence electrons. The number of anilines is 3. The summed E-state index contributed by atoms with van der Waals surface area (Å²) >= 11 is 0. The second-order valence-corrected chi connectivity index (χ2v) is 4.32. The molecule has 0 fully saturated rings. The molecule has 0 amide bonds. The van der Waals surface area contributed by atoms with Crippen LogP contribution in [0.2, 0.25) is 0 Å². The van der Waals surface area contributed by atoms with Gasteiger partial charge in [-0.2, -0.15) is 0 Å². The monoisotopic (exact) mass is 242 g/mol. The van der Waals surface area contributed by atoms with E-state index in [1.807, 2.05) is 43.4 Å². The minimum atomic E-state index is 0.777. The lowest BCUT2D eigenvalue weighted by atomic mass is 10.1. The van der Waals surface area contributed by atoms with Crippen LogP contribution in [0.25, 0.3) is 0 Å². The first-order valence-corrected chi connectivity index (χ1v) is 5.85. The van der Waals surface area contributed by atoms with Crippen molar-refractivity contribution < 1.29 is 4.74 Å². The lowest BCUT2D eigenvalue weighted by Gasteiger charge is -2.22. The number of nitrogens with two attached hydrogens (primary N) is 1. The molecular formula is C15H18N2O. The summed E-state index contributed by atoms with van der Waals surface area (Å²) in [7, 11) is 3.67. The van der Waals surface area contributed by atoms with Gasteiger partial charge in [0.25, 0.3) is 0 Å². The highest BCUT2D eigenvalue weighted by molar-refractivity contribution is 5.75. The lowest BCUT2D eigenvalue weighted by molar-refractivity contribution is 0.415. The molecular weight excluding hydrogens is 224 g/mol. The summed E-state index contributed by atoms with van der Waals surface area (Å²) in [6.45, 7) is 2.06. The fourth-order valence-electron chi connectivity index (χ4n) is 1.89. The third kappa shape index (κ3) is 2.40. The molecule has 3 heteroatoms. The molecule has 3 nitrogen and oxygen atoms in total. The molecule has 0 aliphatic rings. The van der Waals surface area contributed by atoms with Gasteiger partial charge in [0.05, 0.1) is 18.5 Å². The first-order valence-electron chi connectivity index (χ1n) is 5.85. The van der Waals surface area contributed by atoms with Crippen LogP contribution in [-0.2, 0) is 0 Å². The van der Waals surface area contributed by atoms with Crippen LogP contribution in [0.3, 0.4) is 0 Å². The van der Waals surface area contributed by atoms with Crippen molar-refractivity contribution in [2.45, 2.75) is 6.92 Å². The van der Waals surface area contributed by atoms with Gasteiger partial charge in [0.1, 0.15) is 5.75 Å². The molecule has 0 aliphatic heterocycles. The van der Waals surface area contributed by atoms with Crippen LogP contribution in [0.15, 0.2) is 42.5 Å². The van der Waals surface area contributed by atoms with Crippen molar-refractivity contribution in [2.75, 3.05) is 24.8 Å². The zero-order valence-electron chi connectivity index (χ0n) is 11.0. The highest BCUT2D eigenvalue weighted by Crippen LogP contribution is 2.30. The van der Waals surface area contributed by atoms with Crippen molar-refractivity contribution in [2.24, 2.45) is 0 Å². The maximum Gasteiger partial charge on any atom is 0.119 e. The molecule has 2 aromatic rings. The Hall–Kier alpha value is -2.16. The normalized spacial score (nSPS) is 10.2. The van der Waals surface area contributed by atoms with E-state index in [1.54, 1.807) is 7.11 Å². The SMILES string of the molecule is COc1ccc(N(C)c2cc(C)ccc2N)cc1. The smallest absolute Gasteiger partial charge is 0.119 e. The van der Waals surface area contributed by atoms with Gasteiger partial charge in [0, 0.05) is 12.7 Å². The van der Waals surface area contributed by atoms with Crippen molar-refractivity contribution in [1.29, 1.82) is 0 Å². The summed E-state index contributed by atoms with van der Waals surface area (Å²) in [5.41, 5.74) is 10.1. The molecule has 0 spiro atoms. The van der Waals surface area contributed by atoms with Crippen molar-refractivity contribution in [3.05, 3.63) is 48.0 Å². The Balaban J connectivity index is 2.34. The van der Waals surface area contributed by atoms with Crippen molar-refractivity contribution >= 4 is 17.1 Å². The van der Waals surface area contributed by atoms with Crippen molar-refractivity contribution in [3.8, 4) is 5.75 Å². The van der Waals surface area contributed by atoms with E-state index in [9.17, 15) is 0 Å². The molecule has 18 heavy (non-hydrogen) atoms. The molecule has 0 heterocycles. The van der Waals surface area contributed by atoms with E-state index in [-0.39, 0.29) is 0 Å². The van der Waals surface area contributed by atoms with Crippen LogP contribution >= 0.6 is 0 Å². The summed E-state index contributed by atoms with van der Waals surface area (Å²) in [4.78, 5) is 2.07. The standard InChI is InChI=1S/C15H18N2O/c1-11-4-9-14(16)15(10-11)17(2)12-5-7-13(18-3)8-6-12/h4-10H,16H2,1-3H3. The number of rotatable bonds is 3. The van der Waals surface area contributed by atoms with Crippen LogP contribution in [0.1, 0.15) is 5.56 Å². The minimum Gasteiger partial charge on any atom is -0.497 e. The first kappa shape index (κ1) is 12.3. The van der Waals surface area contributed by atoms with Gasteiger partial charge in [-0.1, -0.05) is 6.07 Å². The van der Waals surface area contributed by atoms with Crippen LogP contribution in [0.5, 0.6) is 5.75 Å². The van der Waals surface area contributed by atoms with Gasteiger partial charge < -0.3 is 15.4 Å². The van der Waals surface area contributed by atoms with Gasteiger partial charge in [0.15, 0.2) is 0 Å². The largest absolute Gasteiger partial charge is 0.497 e. The quantitative estimate of drug-likeness (QED) is 0.839. The van der Waals surface area contributed by atoms with Gasteiger partial charge in [-0.3, -0.25) is 0 Å². The zero-order chi connectivity index (χ0) is 13.1. The highest BCUT2D eigenvalue weighted by atomic mass is 16.5. The first-order chi connectivity index (χ1) is 8.61. The summed E-state index contributed by atoms with van der Waals surface area (Å²) in [5, 5.41) is 0. The van der Waals surface area contributed by atoms with Gasteiger partial charge in [-0.05, 0) is 48.9 Å². The molecule has 0 aliphatic carbocycles. The number of nitrogen functional groups attached to an aromatic ring is 1. The van der Waals surface area contributed by atoms with Crippen molar-refractivity contribution in [1.82, 2.24) is 0 Å². The third-order valence-corrected chi connectivity index (χ3v) is 3.01. The molecule has 0 radical (unpaired) electrons. The summed E-state index contributed by atoms with van der Waals surface area (Å²) in [6.07, 6.45) is 0. The number of hydrogen-bond donors (Lipinski definition) is 1. The summed E-state index contributed by atoms with van der Waals surface area (Å²) < 4.78 is 5.15. The molecule has 0 saturated heterocycles. The van der Waals surface area contributed by atoms with Gasteiger partial charge in [0.2, 0.25) is 0 Å². The fraction of sp³-hybridized carbons (Fsp3) is 0.200. The Morgan fingerprint density at radius 2 is 1.72 bits per heavy atom. The molecule has 2 rings (SSSR count). The van der Waals surface area contributed by atoms with Gasteiger partial charge in [-0.25, -0.2) is 0 Å². The highest BCUT2D eigenvalue weighted by Gasteiger charge is 2.07. The van der Waals surface area contributed by atoms with E-state index in [2.05, 4.69) is 17.9 Å². The predicted molar refractivity (Wildman–Crippen MR) is 76.6 cm³/mol. The average Bonchev–Trinajstić information content (AvgIpc) is 2.41. The number of methoxy groups -OCH3 is 1. The van der Waals surface area contributed by atoms with E-state index < -0.39 is 0 Å². The fourth-order valence-corrected chi connectivity index (χ4v) is 1.89. The summed E-state index contributed by atoms with van der Waals surface area (Å²) in [5.74, 6) is 0.851. The number of benzene rings is 2.